The van der Waals surface area contributed by atoms with E-state index in [0.717, 1.165) is 24.0 Å². The van der Waals surface area contributed by atoms with Gasteiger partial charge in [0.2, 0.25) is 10.0 Å². The van der Waals surface area contributed by atoms with Gasteiger partial charge in [0.1, 0.15) is 4.90 Å². The van der Waals surface area contributed by atoms with Crippen LogP contribution in [0.3, 0.4) is 0 Å². The highest BCUT2D eigenvalue weighted by Crippen LogP contribution is 2.25. The first-order valence-electron chi connectivity index (χ1n) is 6.74. The van der Waals surface area contributed by atoms with Crippen molar-refractivity contribution in [1.82, 2.24) is 4.31 Å². The van der Waals surface area contributed by atoms with Crippen LogP contribution in [0.15, 0.2) is 17.0 Å². The standard InChI is InChI=1S/C14H24N2O3S/c1-11-9-13(15)14(10-12(11)2)20(18,19)16(3)7-5-4-6-8-17/h9-10,17H,4-8,15H2,1-3H3. The van der Waals surface area contributed by atoms with Crippen LogP contribution in [0.1, 0.15) is 30.4 Å². The van der Waals surface area contributed by atoms with E-state index in [4.69, 9.17) is 10.8 Å². The highest BCUT2D eigenvalue weighted by molar-refractivity contribution is 7.89. The Kier molecular flexibility index (Phi) is 5.98. The summed E-state index contributed by atoms with van der Waals surface area (Å²) < 4.78 is 26.3. The Balaban J connectivity index is 2.90. The fourth-order valence-corrected chi connectivity index (χ4v) is 3.33. The minimum absolute atomic E-state index is 0.139. The van der Waals surface area contributed by atoms with Gasteiger partial charge in [-0.25, -0.2) is 12.7 Å². The number of sulfonamides is 1. The first-order chi connectivity index (χ1) is 9.30. The molecular formula is C14H24N2O3S. The van der Waals surface area contributed by atoms with Crippen LogP contribution >= 0.6 is 0 Å². The second-order valence-corrected chi connectivity index (χ2v) is 7.10. The van der Waals surface area contributed by atoms with Gasteiger partial charge in [0.15, 0.2) is 0 Å². The van der Waals surface area contributed by atoms with Crippen LogP contribution < -0.4 is 5.73 Å². The van der Waals surface area contributed by atoms with Crippen molar-refractivity contribution in [3.63, 3.8) is 0 Å². The summed E-state index contributed by atoms with van der Waals surface area (Å²) in [6, 6.07) is 3.33. The Morgan fingerprint density at radius 3 is 2.35 bits per heavy atom. The van der Waals surface area contributed by atoms with Crippen molar-refractivity contribution >= 4 is 15.7 Å². The molecule has 0 spiro atoms. The number of benzene rings is 1. The summed E-state index contributed by atoms with van der Waals surface area (Å²) in [6.07, 6.45) is 2.22. The summed E-state index contributed by atoms with van der Waals surface area (Å²) >= 11 is 0. The lowest BCUT2D eigenvalue weighted by atomic mass is 10.1. The maximum Gasteiger partial charge on any atom is 0.244 e. The van der Waals surface area contributed by atoms with E-state index in [9.17, 15) is 8.42 Å². The van der Waals surface area contributed by atoms with E-state index in [1.165, 1.54) is 4.31 Å². The summed E-state index contributed by atoms with van der Waals surface area (Å²) in [5.74, 6) is 0. The molecule has 1 aromatic rings. The molecule has 20 heavy (non-hydrogen) atoms. The maximum absolute atomic E-state index is 12.5. The molecule has 6 heteroatoms. The van der Waals surface area contributed by atoms with Crippen molar-refractivity contribution in [2.45, 2.75) is 38.0 Å². The molecule has 0 saturated heterocycles. The van der Waals surface area contributed by atoms with Gasteiger partial charge in [-0.3, -0.25) is 0 Å². The highest BCUT2D eigenvalue weighted by atomic mass is 32.2. The van der Waals surface area contributed by atoms with E-state index >= 15 is 0 Å². The number of nitrogen functional groups attached to an aromatic ring is 1. The Labute approximate surface area is 121 Å². The van der Waals surface area contributed by atoms with E-state index in [-0.39, 0.29) is 17.2 Å². The van der Waals surface area contributed by atoms with E-state index in [2.05, 4.69) is 0 Å². The van der Waals surface area contributed by atoms with Crippen molar-refractivity contribution < 1.29 is 13.5 Å². The lowest BCUT2D eigenvalue weighted by molar-refractivity contribution is 0.281. The molecule has 0 radical (unpaired) electrons. The van der Waals surface area contributed by atoms with Gasteiger partial charge in [0.05, 0.1) is 5.69 Å². The Bertz CT molecular complexity index is 556. The predicted molar refractivity (Wildman–Crippen MR) is 81.1 cm³/mol. The van der Waals surface area contributed by atoms with Crippen LogP contribution in [0.5, 0.6) is 0 Å². The average molecular weight is 300 g/mol. The van der Waals surface area contributed by atoms with Crippen molar-refractivity contribution in [2.75, 3.05) is 25.9 Å². The third kappa shape index (κ3) is 3.94. The predicted octanol–water partition coefficient (Wildman–Crippen LogP) is 1.67. The molecule has 0 unspecified atom stereocenters. The molecule has 1 rings (SSSR count). The normalized spacial score (nSPS) is 12.1. The quantitative estimate of drug-likeness (QED) is 0.592. The monoisotopic (exact) mass is 300 g/mol. The topological polar surface area (TPSA) is 83.6 Å². The molecule has 0 heterocycles. The Hall–Kier alpha value is -1.11. The van der Waals surface area contributed by atoms with Crippen LogP contribution in [-0.2, 0) is 10.0 Å². The second kappa shape index (κ2) is 7.06. The zero-order valence-electron chi connectivity index (χ0n) is 12.4. The number of nitrogens with two attached hydrogens (primary N) is 1. The number of aryl methyl sites for hydroxylation is 2. The second-order valence-electron chi connectivity index (χ2n) is 5.09. The number of aliphatic hydroxyl groups excluding tert-OH is 1. The van der Waals surface area contributed by atoms with Gasteiger partial charge < -0.3 is 10.8 Å². The largest absolute Gasteiger partial charge is 0.398 e. The number of aliphatic hydroxyl groups is 1. The van der Waals surface area contributed by atoms with Crippen LogP contribution in [0.4, 0.5) is 5.69 Å². The lowest BCUT2D eigenvalue weighted by Gasteiger charge is -2.19. The minimum Gasteiger partial charge on any atom is -0.398 e. The minimum atomic E-state index is -3.55. The molecule has 0 amide bonds. The maximum atomic E-state index is 12.5. The molecule has 0 bridgehead atoms. The summed E-state index contributed by atoms with van der Waals surface area (Å²) in [6.45, 7) is 4.34. The molecule has 1 aromatic carbocycles. The van der Waals surface area contributed by atoms with Crippen molar-refractivity contribution in [3.8, 4) is 0 Å². The van der Waals surface area contributed by atoms with E-state index in [0.29, 0.717) is 13.0 Å². The smallest absolute Gasteiger partial charge is 0.244 e. The molecule has 0 fully saturated rings. The van der Waals surface area contributed by atoms with E-state index < -0.39 is 10.0 Å². The molecule has 0 saturated carbocycles. The van der Waals surface area contributed by atoms with Gasteiger partial charge in [0.25, 0.3) is 0 Å². The van der Waals surface area contributed by atoms with Crippen molar-refractivity contribution in [2.24, 2.45) is 0 Å². The molecule has 3 N–H and O–H groups in total. The molecule has 0 aromatic heterocycles. The third-order valence-corrected chi connectivity index (χ3v) is 5.36. The highest BCUT2D eigenvalue weighted by Gasteiger charge is 2.23. The molecule has 5 nitrogen and oxygen atoms in total. The SMILES string of the molecule is Cc1cc(N)c(S(=O)(=O)N(C)CCCCCO)cc1C. The van der Waals surface area contributed by atoms with Gasteiger partial charge in [-0.15, -0.1) is 0 Å². The van der Waals surface area contributed by atoms with E-state index in [1.54, 1.807) is 19.2 Å². The molecular weight excluding hydrogens is 276 g/mol. The first kappa shape index (κ1) is 16.9. The number of anilines is 1. The molecule has 114 valence electrons. The first-order valence-corrected chi connectivity index (χ1v) is 8.18. The number of unbranched alkanes of at least 4 members (excludes halogenated alkanes) is 2. The van der Waals surface area contributed by atoms with Crippen molar-refractivity contribution in [1.29, 1.82) is 0 Å². The fraction of sp³-hybridized carbons (Fsp3) is 0.571. The summed E-state index contributed by atoms with van der Waals surface area (Å²) in [5, 5.41) is 8.71. The Morgan fingerprint density at radius 1 is 1.15 bits per heavy atom. The summed E-state index contributed by atoms with van der Waals surface area (Å²) in [7, 11) is -1.99. The van der Waals surface area contributed by atoms with Gasteiger partial charge in [-0.2, -0.15) is 0 Å². The van der Waals surface area contributed by atoms with Crippen LogP contribution in [0, 0.1) is 13.8 Å². The van der Waals surface area contributed by atoms with Gasteiger partial charge in [-0.05, 0) is 56.4 Å². The summed E-state index contributed by atoms with van der Waals surface area (Å²) in [4.78, 5) is 0.172. The van der Waals surface area contributed by atoms with Crippen LogP contribution in [-0.4, -0.2) is 38.0 Å². The molecule has 0 atom stereocenters. The lowest BCUT2D eigenvalue weighted by Crippen LogP contribution is -2.28. The van der Waals surface area contributed by atoms with Crippen molar-refractivity contribution in [3.05, 3.63) is 23.3 Å². The van der Waals surface area contributed by atoms with Gasteiger partial charge in [0, 0.05) is 20.2 Å². The number of rotatable bonds is 7. The summed E-state index contributed by atoms with van der Waals surface area (Å²) in [5.41, 5.74) is 8.03. The van der Waals surface area contributed by atoms with Gasteiger partial charge in [-0.1, -0.05) is 0 Å². The molecule has 0 aliphatic heterocycles. The van der Waals surface area contributed by atoms with Crippen LogP contribution in [0.25, 0.3) is 0 Å². The fourth-order valence-electron chi connectivity index (χ4n) is 1.95. The zero-order chi connectivity index (χ0) is 15.3. The number of hydrogen-bond acceptors (Lipinski definition) is 4. The average Bonchev–Trinajstić information content (AvgIpc) is 2.38. The zero-order valence-corrected chi connectivity index (χ0v) is 13.2. The Morgan fingerprint density at radius 2 is 1.75 bits per heavy atom. The van der Waals surface area contributed by atoms with E-state index in [1.807, 2.05) is 13.8 Å². The van der Waals surface area contributed by atoms with Crippen LogP contribution in [0.2, 0.25) is 0 Å². The number of hydrogen-bond donors (Lipinski definition) is 2. The third-order valence-electron chi connectivity index (χ3n) is 3.45. The molecule has 0 aliphatic carbocycles. The van der Waals surface area contributed by atoms with Gasteiger partial charge >= 0.3 is 0 Å². The molecule has 0 aliphatic rings. The number of nitrogens with zero attached hydrogens (tertiary/aromatic N) is 1.